The molecule has 0 atom stereocenters. The predicted octanol–water partition coefficient (Wildman–Crippen LogP) is 0.854. The minimum absolute atomic E-state index is 0. The molecule has 0 fully saturated rings. The van der Waals surface area contributed by atoms with Gasteiger partial charge in [0.2, 0.25) is 0 Å². The molecule has 0 unspecified atom stereocenters. The van der Waals surface area contributed by atoms with Crippen LogP contribution in [0.15, 0.2) is 0 Å². The first-order valence-corrected chi connectivity index (χ1v) is 2.23. The lowest BCUT2D eigenvalue weighted by Crippen LogP contribution is -1.55. The summed E-state index contributed by atoms with van der Waals surface area (Å²) in [7, 11) is 3.25. The van der Waals surface area contributed by atoms with Gasteiger partial charge in [0.15, 0.2) is 0 Å². The van der Waals surface area contributed by atoms with E-state index in [0.29, 0.717) is 0 Å². The van der Waals surface area contributed by atoms with Crippen molar-refractivity contribution in [2.75, 3.05) is 14.2 Å². The summed E-state index contributed by atoms with van der Waals surface area (Å²) in [6.07, 6.45) is 1.25. The molecule has 7 heavy (non-hydrogen) atoms. The Kier molecular flexibility index (Phi) is 87.6. The van der Waals surface area contributed by atoms with Gasteiger partial charge < -0.3 is 10.2 Å². The molecule has 0 saturated carbocycles. The fraction of sp³-hybridized carbons (Fsp3) is 1.00. The first-order valence-electron chi connectivity index (χ1n) is 2.23. The van der Waals surface area contributed by atoms with Crippen molar-refractivity contribution in [2.24, 2.45) is 0 Å². The zero-order valence-electron chi connectivity index (χ0n) is 5.62. The molecule has 0 spiro atoms. The van der Waals surface area contributed by atoms with Gasteiger partial charge in [-0.3, -0.25) is 0 Å². The van der Waals surface area contributed by atoms with Crippen molar-refractivity contribution in [3.63, 3.8) is 0 Å². The van der Waals surface area contributed by atoms with Crippen molar-refractivity contribution in [3.8, 4) is 0 Å². The maximum Gasteiger partial charge on any atom is 0.0351 e. The molecule has 0 rings (SSSR count). The molecule has 0 aliphatic heterocycles. The lowest BCUT2D eigenvalue weighted by Gasteiger charge is -1.61. The molecule has 2 heteroatoms. The predicted molar refractivity (Wildman–Crippen MR) is 32.5 cm³/mol. The molecule has 0 amide bonds. The van der Waals surface area contributed by atoms with Crippen LogP contribution in [0.25, 0.3) is 0 Å². The largest absolute Gasteiger partial charge is 0.412 e. The van der Waals surface area contributed by atoms with Crippen LogP contribution in [-0.2, 0) is 4.74 Å². The molecule has 48 valence electrons. The van der Waals surface area contributed by atoms with E-state index in [2.05, 4.69) is 18.6 Å². The molecular weight excluding hydrogens is 92.1 g/mol. The molecule has 2 N–H and O–H groups in total. The number of hydrogen-bond acceptors (Lipinski definition) is 1. The van der Waals surface area contributed by atoms with Crippen LogP contribution in [0.3, 0.4) is 0 Å². The Hall–Kier alpha value is -0.0800. The van der Waals surface area contributed by atoms with Crippen molar-refractivity contribution >= 4 is 0 Å². The van der Waals surface area contributed by atoms with Crippen LogP contribution in [0.1, 0.15) is 20.3 Å². The Labute approximate surface area is 45.8 Å². The molecule has 0 radical (unpaired) electrons. The highest BCUT2D eigenvalue weighted by Crippen LogP contribution is 1.56. The Morgan fingerprint density at radius 2 is 1.14 bits per heavy atom. The first kappa shape index (κ1) is 15.8. The quantitative estimate of drug-likeness (QED) is 0.453. The first-order chi connectivity index (χ1) is 2.83. The summed E-state index contributed by atoms with van der Waals surface area (Å²) >= 11 is 0. The molecule has 0 bridgehead atoms. The second-order valence-electron chi connectivity index (χ2n) is 1.12. The SMILES string of the molecule is CCC.COC.O. The Morgan fingerprint density at radius 1 is 1.14 bits per heavy atom. The van der Waals surface area contributed by atoms with Crippen molar-refractivity contribution in [3.05, 3.63) is 0 Å². The summed E-state index contributed by atoms with van der Waals surface area (Å²) in [6.45, 7) is 4.25. The second-order valence-corrected chi connectivity index (χ2v) is 1.12. The number of hydrogen-bond donors (Lipinski definition) is 0. The van der Waals surface area contributed by atoms with Crippen molar-refractivity contribution in [1.29, 1.82) is 0 Å². The number of methoxy groups -OCH3 is 1. The standard InChI is InChI=1S/C3H8.C2H6O.H2O/c2*1-3-2;/h3H2,1-2H3;1-2H3;1H2. The third-order valence-corrected chi connectivity index (χ3v) is 0. The van der Waals surface area contributed by atoms with Gasteiger partial charge in [-0.25, -0.2) is 0 Å². The molecule has 0 heterocycles. The van der Waals surface area contributed by atoms with Gasteiger partial charge in [-0.1, -0.05) is 20.3 Å². The topological polar surface area (TPSA) is 40.7 Å². The van der Waals surface area contributed by atoms with Crippen molar-refractivity contribution < 1.29 is 10.2 Å². The Balaban J connectivity index is -0.0000000400. The minimum Gasteiger partial charge on any atom is -0.412 e. The lowest BCUT2D eigenvalue weighted by molar-refractivity contribution is 0.277. The molecule has 0 aliphatic rings. The smallest absolute Gasteiger partial charge is 0.0351 e. The van der Waals surface area contributed by atoms with Crippen LogP contribution in [0.5, 0.6) is 0 Å². The van der Waals surface area contributed by atoms with Gasteiger partial charge in [-0.05, 0) is 0 Å². The second kappa shape index (κ2) is 38.9. The Bertz CT molecular complexity index is 8.04. The van der Waals surface area contributed by atoms with Gasteiger partial charge in [0, 0.05) is 14.2 Å². The maximum atomic E-state index is 4.25. The van der Waals surface area contributed by atoms with Crippen LogP contribution in [-0.4, -0.2) is 19.7 Å². The molecule has 0 saturated heterocycles. The molecule has 0 aromatic rings. The molecule has 0 aliphatic carbocycles. The van der Waals surface area contributed by atoms with E-state index >= 15 is 0 Å². The molecular formula is C5H16O2. The maximum absolute atomic E-state index is 4.25. The van der Waals surface area contributed by atoms with E-state index in [4.69, 9.17) is 0 Å². The van der Waals surface area contributed by atoms with Gasteiger partial charge in [0.25, 0.3) is 0 Å². The van der Waals surface area contributed by atoms with Gasteiger partial charge in [-0.15, -0.1) is 0 Å². The van der Waals surface area contributed by atoms with E-state index in [-0.39, 0.29) is 5.48 Å². The molecule has 2 nitrogen and oxygen atoms in total. The third kappa shape index (κ3) is 14200. The summed E-state index contributed by atoms with van der Waals surface area (Å²) in [5, 5.41) is 0. The average molecular weight is 108 g/mol. The van der Waals surface area contributed by atoms with E-state index in [0.717, 1.165) is 0 Å². The van der Waals surface area contributed by atoms with E-state index < -0.39 is 0 Å². The molecule has 0 aromatic heterocycles. The highest BCUT2D eigenvalue weighted by molar-refractivity contribution is 3.92. The van der Waals surface area contributed by atoms with E-state index in [1.807, 2.05) is 0 Å². The highest BCUT2D eigenvalue weighted by atomic mass is 16.4. The summed E-state index contributed by atoms with van der Waals surface area (Å²) in [6, 6.07) is 0. The van der Waals surface area contributed by atoms with E-state index in [1.54, 1.807) is 14.2 Å². The van der Waals surface area contributed by atoms with Gasteiger partial charge in [-0.2, -0.15) is 0 Å². The zero-order valence-corrected chi connectivity index (χ0v) is 5.62. The monoisotopic (exact) mass is 108 g/mol. The summed E-state index contributed by atoms with van der Waals surface area (Å²) in [5.74, 6) is 0. The molecule has 0 aromatic carbocycles. The van der Waals surface area contributed by atoms with Crippen molar-refractivity contribution in [2.45, 2.75) is 20.3 Å². The fourth-order valence-electron chi connectivity index (χ4n) is 0. The van der Waals surface area contributed by atoms with Crippen molar-refractivity contribution in [1.82, 2.24) is 0 Å². The summed E-state index contributed by atoms with van der Waals surface area (Å²) in [4.78, 5) is 0. The average Bonchev–Trinajstić information content (AvgIpc) is 1.39. The van der Waals surface area contributed by atoms with Crippen LogP contribution in [0.4, 0.5) is 0 Å². The third-order valence-electron chi connectivity index (χ3n) is 0. The highest BCUT2D eigenvalue weighted by Gasteiger charge is 1.35. The summed E-state index contributed by atoms with van der Waals surface area (Å²) < 4.78 is 4.25. The Morgan fingerprint density at radius 3 is 1.14 bits per heavy atom. The van der Waals surface area contributed by atoms with Gasteiger partial charge in [0.05, 0.1) is 0 Å². The summed E-state index contributed by atoms with van der Waals surface area (Å²) in [5.41, 5.74) is 0. The van der Waals surface area contributed by atoms with Crippen LogP contribution < -0.4 is 0 Å². The number of rotatable bonds is 0. The fourth-order valence-corrected chi connectivity index (χ4v) is 0. The van der Waals surface area contributed by atoms with Gasteiger partial charge in [0.1, 0.15) is 0 Å². The normalized spacial score (nSPS) is 5.14. The number of ether oxygens (including phenoxy) is 1. The van der Waals surface area contributed by atoms with Crippen LogP contribution in [0.2, 0.25) is 0 Å². The van der Waals surface area contributed by atoms with E-state index in [1.165, 1.54) is 6.42 Å². The van der Waals surface area contributed by atoms with Crippen LogP contribution >= 0.6 is 0 Å². The minimum atomic E-state index is 0. The lowest BCUT2D eigenvalue weighted by atomic mass is 10.6. The van der Waals surface area contributed by atoms with Crippen LogP contribution in [0, 0.1) is 0 Å². The van der Waals surface area contributed by atoms with Gasteiger partial charge >= 0.3 is 0 Å². The van der Waals surface area contributed by atoms with E-state index in [9.17, 15) is 0 Å². The zero-order chi connectivity index (χ0) is 5.41.